The highest BCUT2D eigenvalue weighted by molar-refractivity contribution is 5.94. The topological polar surface area (TPSA) is 101 Å². The lowest BCUT2D eigenvalue weighted by Crippen LogP contribution is -2.31. The highest BCUT2D eigenvalue weighted by atomic mass is 19.3. The Balaban J connectivity index is 1.52. The van der Waals surface area contributed by atoms with Crippen LogP contribution in [0, 0.1) is 11.3 Å². The summed E-state index contributed by atoms with van der Waals surface area (Å²) in [6.07, 6.45) is 0.990. The zero-order valence-corrected chi connectivity index (χ0v) is 16.7. The average molecular weight is 441 g/mol. The van der Waals surface area contributed by atoms with Crippen molar-refractivity contribution in [3.63, 3.8) is 0 Å². The summed E-state index contributed by atoms with van der Waals surface area (Å²) in [4.78, 5) is 28.5. The van der Waals surface area contributed by atoms with Crippen LogP contribution >= 0.6 is 0 Å². The first-order valence-corrected chi connectivity index (χ1v) is 9.70. The second-order valence-electron chi connectivity index (χ2n) is 7.44. The number of nitrogens with one attached hydrogen (secondary N) is 3. The Morgan fingerprint density at radius 2 is 1.94 bits per heavy atom. The molecule has 1 saturated heterocycles. The summed E-state index contributed by atoms with van der Waals surface area (Å²) in [6.45, 7) is -0.583. The van der Waals surface area contributed by atoms with Crippen molar-refractivity contribution in [1.82, 2.24) is 9.88 Å². The number of likely N-dealkylation sites (tertiary alicyclic amines) is 1. The third kappa shape index (κ3) is 4.39. The number of hydrogen-bond acceptors (Lipinski definition) is 5. The van der Waals surface area contributed by atoms with E-state index >= 15 is 0 Å². The van der Waals surface area contributed by atoms with Crippen molar-refractivity contribution in [2.75, 3.05) is 18.4 Å². The van der Waals surface area contributed by atoms with Gasteiger partial charge in [-0.1, -0.05) is 0 Å². The number of alkyl halides is 2. The Labute approximate surface area is 180 Å². The van der Waals surface area contributed by atoms with Gasteiger partial charge in [0.25, 0.3) is 17.4 Å². The molecular formula is C22H18F3N5O2. The van der Waals surface area contributed by atoms with Gasteiger partial charge in [0.2, 0.25) is 0 Å². The highest BCUT2D eigenvalue weighted by Crippen LogP contribution is 2.28. The first kappa shape index (κ1) is 21.3. The Morgan fingerprint density at radius 1 is 1.19 bits per heavy atom. The number of H-pyrrole nitrogens is 1. The van der Waals surface area contributed by atoms with E-state index in [1.54, 1.807) is 12.1 Å². The van der Waals surface area contributed by atoms with Crippen molar-refractivity contribution < 1.29 is 18.0 Å². The van der Waals surface area contributed by atoms with Crippen LogP contribution in [0.5, 0.6) is 0 Å². The molecule has 3 N–H and O–H groups in total. The third-order valence-corrected chi connectivity index (χ3v) is 5.17. The SMILES string of the molecule is N=N/C(=C\Nc1ccc(C(=O)N2CCC(F)(F)C2)cc1)c1cc2cc(F)ccc2[nH]c1=O. The van der Waals surface area contributed by atoms with Gasteiger partial charge in [0.15, 0.2) is 0 Å². The van der Waals surface area contributed by atoms with Gasteiger partial charge in [-0.25, -0.2) is 18.7 Å². The maximum atomic E-state index is 13.5. The van der Waals surface area contributed by atoms with E-state index in [9.17, 15) is 22.8 Å². The van der Waals surface area contributed by atoms with Crippen molar-refractivity contribution in [2.45, 2.75) is 12.3 Å². The van der Waals surface area contributed by atoms with E-state index in [1.807, 2.05) is 0 Å². The molecule has 2 heterocycles. The quantitative estimate of drug-likeness (QED) is 0.505. The predicted octanol–water partition coefficient (Wildman–Crippen LogP) is 4.59. The van der Waals surface area contributed by atoms with Gasteiger partial charge in [-0.15, -0.1) is 0 Å². The monoisotopic (exact) mass is 441 g/mol. The zero-order chi connectivity index (χ0) is 22.9. The summed E-state index contributed by atoms with van der Waals surface area (Å²) in [7, 11) is 0. The van der Waals surface area contributed by atoms with Crippen LogP contribution in [0.4, 0.5) is 18.9 Å². The molecule has 1 aliphatic heterocycles. The number of fused-ring (bicyclic) bond motifs is 1. The first-order valence-electron chi connectivity index (χ1n) is 9.70. The van der Waals surface area contributed by atoms with Gasteiger partial charge in [-0.05, 0) is 48.5 Å². The molecule has 0 saturated carbocycles. The number of amides is 1. The van der Waals surface area contributed by atoms with Crippen LogP contribution in [0.15, 0.2) is 64.6 Å². The fourth-order valence-corrected chi connectivity index (χ4v) is 3.49. The van der Waals surface area contributed by atoms with Gasteiger partial charge >= 0.3 is 0 Å². The molecular weight excluding hydrogens is 423 g/mol. The van der Waals surface area contributed by atoms with Gasteiger partial charge in [0, 0.05) is 41.3 Å². The second-order valence-corrected chi connectivity index (χ2v) is 7.44. The molecule has 1 aliphatic rings. The Morgan fingerprint density at radius 3 is 2.59 bits per heavy atom. The predicted molar refractivity (Wildman–Crippen MR) is 113 cm³/mol. The van der Waals surface area contributed by atoms with Gasteiger partial charge < -0.3 is 15.2 Å². The second kappa shape index (κ2) is 8.29. The molecule has 1 aromatic heterocycles. The molecule has 3 aromatic rings. The molecule has 0 unspecified atom stereocenters. The van der Waals surface area contributed by atoms with Gasteiger partial charge in [0.05, 0.1) is 12.1 Å². The fourth-order valence-electron chi connectivity index (χ4n) is 3.49. The van der Waals surface area contributed by atoms with E-state index in [1.165, 1.54) is 42.6 Å². The minimum Gasteiger partial charge on any atom is -0.360 e. The minimum atomic E-state index is -2.86. The van der Waals surface area contributed by atoms with E-state index in [2.05, 4.69) is 15.4 Å². The van der Waals surface area contributed by atoms with Gasteiger partial charge in [-0.3, -0.25) is 9.59 Å². The molecule has 0 radical (unpaired) electrons. The number of anilines is 1. The van der Waals surface area contributed by atoms with Crippen LogP contribution in [0.25, 0.3) is 16.6 Å². The molecule has 0 bridgehead atoms. The van der Waals surface area contributed by atoms with Gasteiger partial charge in [0.1, 0.15) is 11.5 Å². The number of aromatic nitrogens is 1. The molecule has 0 atom stereocenters. The number of carbonyl (C=O) groups excluding carboxylic acids is 1. The van der Waals surface area contributed by atoms with Crippen LogP contribution in [0.2, 0.25) is 0 Å². The number of rotatable bonds is 5. The molecule has 2 aromatic carbocycles. The molecule has 0 aliphatic carbocycles. The maximum Gasteiger partial charge on any atom is 0.267 e. The van der Waals surface area contributed by atoms with Crippen molar-refractivity contribution in [1.29, 1.82) is 5.53 Å². The van der Waals surface area contributed by atoms with Crippen molar-refractivity contribution in [2.24, 2.45) is 5.11 Å². The molecule has 0 spiro atoms. The number of pyridine rings is 1. The lowest BCUT2D eigenvalue weighted by atomic mass is 10.1. The number of nitrogens with zero attached hydrogens (tertiary/aromatic N) is 2. The van der Waals surface area contributed by atoms with Crippen LogP contribution in [0.1, 0.15) is 22.3 Å². The maximum absolute atomic E-state index is 13.5. The lowest BCUT2D eigenvalue weighted by molar-refractivity contribution is 0.0120. The average Bonchev–Trinajstić information content (AvgIpc) is 3.14. The van der Waals surface area contributed by atoms with Crippen molar-refractivity contribution in [3.8, 4) is 0 Å². The summed E-state index contributed by atoms with van der Waals surface area (Å²) < 4.78 is 40.2. The molecule has 7 nitrogen and oxygen atoms in total. The normalized spacial score (nSPS) is 15.7. The van der Waals surface area contributed by atoms with Gasteiger partial charge in [-0.2, -0.15) is 5.11 Å². The molecule has 32 heavy (non-hydrogen) atoms. The fraction of sp³-hybridized carbons (Fsp3) is 0.182. The minimum absolute atomic E-state index is 0.00708. The lowest BCUT2D eigenvalue weighted by Gasteiger charge is -2.16. The third-order valence-electron chi connectivity index (χ3n) is 5.17. The number of halogens is 3. The van der Waals surface area contributed by atoms with Crippen LogP contribution in [-0.2, 0) is 0 Å². The van der Waals surface area contributed by atoms with Crippen LogP contribution in [0.3, 0.4) is 0 Å². The zero-order valence-electron chi connectivity index (χ0n) is 16.7. The highest BCUT2D eigenvalue weighted by Gasteiger charge is 2.40. The Kier molecular flexibility index (Phi) is 5.52. The molecule has 164 valence electrons. The van der Waals surface area contributed by atoms with E-state index in [-0.39, 0.29) is 29.8 Å². The van der Waals surface area contributed by atoms with E-state index in [4.69, 9.17) is 5.53 Å². The van der Waals surface area contributed by atoms with E-state index in [0.717, 1.165) is 4.90 Å². The molecule has 1 amide bonds. The number of aromatic amines is 1. The summed E-state index contributed by atoms with van der Waals surface area (Å²) in [5, 5.41) is 6.71. The Bertz CT molecular complexity index is 1280. The summed E-state index contributed by atoms with van der Waals surface area (Å²) in [5.41, 5.74) is 8.26. The van der Waals surface area contributed by atoms with E-state index < -0.39 is 29.8 Å². The summed E-state index contributed by atoms with van der Waals surface area (Å²) in [6, 6.07) is 11.5. The van der Waals surface area contributed by atoms with E-state index in [0.29, 0.717) is 16.6 Å². The first-order chi connectivity index (χ1) is 15.3. The Hall–Kier alpha value is -3.95. The number of carbonyl (C=O) groups is 1. The summed E-state index contributed by atoms with van der Waals surface area (Å²) in [5.74, 6) is -3.79. The van der Waals surface area contributed by atoms with Crippen LogP contribution in [-0.4, -0.2) is 34.8 Å². The molecule has 1 fully saturated rings. The van der Waals surface area contributed by atoms with Crippen molar-refractivity contribution >= 4 is 28.2 Å². The number of hydrogen-bond donors (Lipinski definition) is 3. The smallest absolute Gasteiger partial charge is 0.267 e. The molecule has 4 rings (SSSR count). The summed E-state index contributed by atoms with van der Waals surface area (Å²) >= 11 is 0. The standard InChI is InChI=1S/C22H18F3N5O2/c23-15-3-6-18-14(9-15)10-17(20(31)28-18)19(29-26)11-27-16-4-1-13(2-5-16)21(32)30-8-7-22(24,25)12-30/h1-6,9-11,26-27H,7-8,12H2,(H,28,31)/b19-11-,29-26?. The number of benzene rings is 2. The largest absolute Gasteiger partial charge is 0.360 e. The molecule has 10 heteroatoms. The van der Waals surface area contributed by atoms with Crippen molar-refractivity contribution in [3.05, 3.63) is 82.0 Å². The van der Waals surface area contributed by atoms with Crippen LogP contribution < -0.4 is 10.9 Å².